The van der Waals surface area contributed by atoms with E-state index >= 15 is 0 Å². The number of carbonyl (C=O) groups is 1. The molecular formula is C18H17ClN2O2. The number of hydrogen-bond donors (Lipinski definition) is 3. The second-order valence-corrected chi connectivity index (χ2v) is 5.95. The van der Waals surface area contributed by atoms with Gasteiger partial charge in [0.2, 0.25) is 0 Å². The van der Waals surface area contributed by atoms with Gasteiger partial charge >= 0.3 is 0 Å². The monoisotopic (exact) mass is 328 g/mol. The number of phenols is 1. The molecule has 0 aliphatic carbocycles. The molecule has 2 aromatic rings. The molecule has 4 nitrogen and oxygen atoms in total. The quantitative estimate of drug-likeness (QED) is 0.731. The fourth-order valence-electron chi connectivity index (χ4n) is 2.76. The van der Waals surface area contributed by atoms with Crippen LogP contribution < -0.4 is 10.6 Å². The summed E-state index contributed by atoms with van der Waals surface area (Å²) in [5, 5.41) is 16.1. The second kappa shape index (κ2) is 6.34. The lowest BCUT2D eigenvalue weighted by Gasteiger charge is -2.10. The van der Waals surface area contributed by atoms with E-state index in [1.54, 1.807) is 6.07 Å². The van der Waals surface area contributed by atoms with Crippen LogP contribution in [0.25, 0.3) is 5.70 Å². The van der Waals surface area contributed by atoms with E-state index in [1.165, 1.54) is 6.07 Å². The van der Waals surface area contributed by atoms with Gasteiger partial charge in [0, 0.05) is 28.5 Å². The number of fused-ring (bicyclic) bond motifs is 1. The second-order valence-electron chi connectivity index (χ2n) is 5.51. The van der Waals surface area contributed by atoms with Crippen LogP contribution in [0.5, 0.6) is 5.75 Å². The number of phenolic OH excluding ortho intramolecular Hbond substituents is 1. The molecule has 1 amide bonds. The van der Waals surface area contributed by atoms with Gasteiger partial charge in [-0.25, -0.2) is 0 Å². The third-order valence-electron chi connectivity index (χ3n) is 3.78. The van der Waals surface area contributed by atoms with Crippen molar-refractivity contribution in [2.24, 2.45) is 0 Å². The van der Waals surface area contributed by atoms with E-state index in [9.17, 15) is 9.90 Å². The van der Waals surface area contributed by atoms with Crippen molar-refractivity contribution < 1.29 is 9.90 Å². The van der Waals surface area contributed by atoms with Crippen LogP contribution in [0.4, 0.5) is 5.69 Å². The summed E-state index contributed by atoms with van der Waals surface area (Å²) < 4.78 is 0. The minimum Gasteiger partial charge on any atom is -0.508 e. The van der Waals surface area contributed by atoms with Crippen molar-refractivity contribution in [3.8, 4) is 5.75 Å². The SMILES string of the molecule is C=C1NC(=O)c2c(NCCCc3cc(O)cc(Cl)c3)cccc21. The maximum absolute atomic E-state index is 12.0. The number of benzene rings is 2. The van der Waals surface area contributed by atoms with Gasteiger partial charge in [-0.3, -0.25) is 4.79 Å². The van der Waals surface area contributed by atoms with Gasteiger partial charge in [-0.2, -0.15) is 0 Å². The summed E-state index contributed by atoms with van der Waals surface area (Å²) in [5.74, 6) is 0.0596. The van der Waals surface area contributed by atoms with Gasteiger partial charge in [0.25, 0.3) is 5.91 Å². The molecule has 0 saturated heterocycles. The lowest BCUT2D eigenvalue weighted by Crippen LogP contribution is -2.14. The highest BCUT2D eigenvalue weighted by Crippen LogP contribution is 2.29. The Morgan fingerprint density at radius 3 is 2.87 bits per heavy atom. The molecule has 0 saturated carbocycles. The maximum atomic E-state index is 12.0. The molecule has 0 atom stereocenters. The minimum absolute atomic E-state index is 0.118. The largest absolute Gasteiger partial charge is 0.508 e. The summed E-state index contributed by atoms with van der Waals surface area (Å²) in [5.41, 5.74) is 3.94. The Labute approximate surface area is 139 Å². The third kappa shape index (κ3) is 3.32. The van der Waals surface area contributed by atoms with Gasteiger partial charge in [-0.1, -0.05) is 30.3 Å². The molecule has 0 aromatic heterocycles. The van der Waals surface area contributed by atoms with Crippen molar-refractivity contribution in [2.45, 2.75) is 12.8 Å². The van der Waals surface area contributed by atoms with Crippen molar-refractivity contribution in [3.05, 3.63) is 64.7 Å². The molecule has 0 fully saturated rings. The van der Waals surface area contributed by atoms with Crippen molar-refractivity contribution in [1.29, 1.82) is 0 Å². The number of halogens is 1. The molecule has 3 N–H and O–H groups in total. The summed E-state index contributed by atoms with van der Waals surface area (Å²) in [6.45, 7) is 4.56. The van der Waals surface area contributed by atoms with E-state index in [4.69, 9.17) is 11.6 Å². The summed E-state index contributed by atoms with van der Waals surface area (Å²) in [4.78, 5) is 12.0. The minimum atomic E-state index is -0.118. The fraction of sp³-hybridized carbons (Fsp3) is 0.167. The Morgan fingerprint density at radius 2 is 2.09 bits per heavy atom. The zero-order chi connectivity index (χ0) is 16.4. The van der Waals surface area contributed by atoms with E-state index in [1.807, 2.05) is 24.3 Å². The third-order valence-corrected chi connectivity index (χ3v) is 4.00. The van der Waals surface area contributed by atoms with Crippen LogP contribution in [0.15, 0.2) is 43.0 Å². The van der Waals surface area contributed by atoms with E-state index < -0.39 is 0 Å². The highest BCUT2D eigenvalue weighted by atomic mass is 35.5. The predicted octanol–water partition coefficient (Wildman–Crippen LogP) is 3.80. The summed E-state index contributed by atoms with van der Waals surface area (Å²) in [6, 6.07) is 10.8. The van der Waals surface area contributed by atoms with Gasteiger partial charge in [-0.05, 0) is 42.7 Å². The summed E-state index contributed by atoms with van der Waals surface area (Å²) in [7, 11) is 0. The van der Waals surface area contributed by atoms with Gasteiger partial charge in [0.05, 0.1) is 5.56 Å². The molecule has 5 heteroatoms. The lowest BCUT2D eigenvalue weighted by molar-refractivity contribution is 0.0982. The lowest BCUT2D eigenvalue weighted by atomic mass is 10.1. The first-order valence-corrected chi connectivity index (χ1v) is 7.78. The highest BCUT2D eigenvalue weighted by Gasteiger charge is 2.24. The number of anilines is 1. The first kappa shape index (κ1) is 15.4. The number of amides is 1. The molecular weight excluding hydrogens is 312 g/mol. The number of rotatable bonds is 5. The van der Waals surface area contributed by atoms with Crippen LogP contribution in [0.1, 0.15) is 27.9 Å². The normalized spacial score (nSPS) is 12.9. The molecule has 1 aliphatic heterocycles. The number of aromatic hydroxyl groups is 1. The molecule has 1 heterocycles. The highest BCUT2D eigenvalue weighted by molar-refractivity contribution is 6.30. The Hall–Kier alpha value is -2.46. The Bertz CT molecular complexity index is 766. The Kier molecular flexibility index (Phi) is 4.26. The van der Waals surface area contributed by atoms with E-state index in [0.29, 0.717) is 22.8 Å². The summed E-state index contributed by atoms with van der Waals surface area (Å²) in [6.07, 6.45) is 1.64. The van der Waals surface area contributed by atoms with Crippen molar-refractivity contribution >= 4 is 28.9 Å². The first-order valence-electron chi connectivity index (χ1n) is 7.40. The number of nitrogens with one attached hydrogen (secondary N) is 2. The zero-order valence-corrected chi connectivity index (χ0v) is 13.3. The van der Waals surface area contributed by atoms with E-state index in [0.717, 1.165) is 29.7 Å². The number of hydrogen-bond acceptors (Lipinski definition) is 3. The molecule has 3 rings (SSSR count). The molecule has 1 aliphatic rings. The van der Waals surface area contributed by atoms with Crippen LogP contribution in [0.3, 0.4) is 0 Å². The number of carbonyl (C=O) groups excluding carboxylic acids is 1. The first-order chi connectivity index (χ1) is 11.0. The fourth-order valence-corrected chi connectivity index (χ4v) is 3.01. The van der Waals surface area contributed by atoms with Crippen LogP contribution >= 0.6 is 11.6 Å². The average molecular weight is 329 g/mol. The maximum Gasteiger partial charge on any atom is 0.258 e. The van der Waals surface area contributed by atoms with Gasteiger partial charge in [-0.15, -0.1) is 0 Å². The molecule has 118 valence electrons. The van der Waals surface area contributed by atoms with Crippen LogP contribution in [0, 0.1) is 0 Å². The summed E-state index contributed by atoms with van der Waals surface area (Å²) >= 11 is 5.92. The Morgan fingerprint density at radius 1 is 1.26 bits per heavy atom. The van der Waals surface area contributed by atoms with Crippen molar-refractivity contribution in [2.75, 3.05) is 11.9 Å². The van der Waals surface area contributed by atoms with Crippen LogP contribution in [-0.2, 0) is 6.42 Å². The average Bonchev–Trinajstić information content (AvgIpc) is 2.78. The number of aryl methyl sites for hydroxylation is 1. The molecule has 23 heavy (non-hydrogen) atoms. The molecule has 0 spiro atoms. The van der Waals surface area contributed by atoms with Gasteiger partial charge in [0.1, 0.15) is 5.75 Å². The molecule has 0 unspecified atom stereocenters. The van der Waals surface area contributed by atoms with Crippen LogP contribution in [0.2, 0.25) is 5.02 Å². The smallest absolute Gasteiger partial charge is 0.258 e. The van der Waals surface area contributed by atoms with Gasteiger partial charge in [0.15, 0.2) is 0 Å². The van der Waals surface area contributed by atoms with Crippen molar-refractivity contribution in [1.82, 2.24) is 5.32 Å². The topological polar surface area (TPSA) is 61.4 Å². The molecule has 0 radical (unpaired) electrons. The zero-order valence-electron chi connectivity index (χ0n) is 12.5. The standard InChI is InChI=1S/C18H17ClN2O2/c1-11-15-5-2-6-16(17(15)18(23)21-11)20-7-3-4-12-8-13(19)10-14(22)9-12/h2,5-6,8-10,20,22H,1,3-4,7H2,(H,21,23). The molecule has 2 aromatic carbocycles. The Balaban J connectivity index is 1.62. The van der Waals surface area contributed by atoms with Gasteiger partial charge < -0.3 is 15.7 Å². The molecule has 0 bridgehead atoms. The van der Waals surface area contributed by atoms with E-state index in [2.05, 4.69) is 17.2 Å². The predicted molar refractivity (Wildman–Crippen MR) is 92.9 cm³/mol. The van der Waals surface area contributed by atoms with Crippen molar-refractivity contribution in [3.63, 3.8) is 0 Å². The van der Waals surface area contributed by atoms with E-state index in [-0.39, 0.29) is 11.7 Å². The van der Waals surface area contributed by atoms with Crippen LogP contribution in [-0.4, -0.2) is 17.6 Å².